The lowest BCUT2D eigenvalue weighted by Crippen LogP contribution is -2.48. The van der Waals surface area contributed by atoms with Crippen LogP contribution < -0.4 is 10.1 Å². The molecule has 1 N–H and O–H groups in total. The highest BCUT2D eigenvalue weighted by Gasteiger charge is 2.45. The van der Waals surface area contributed by atoms with Crippen LogP contribution in [0.1, 0.15) is 51.5 Å². The van der Waals surface area contributed by atoms with E-state index in [-0.39, 0.29) is 50.1 Å². The van der Waals surface area contributed by atoms with Gasteiger partial charge in [-0.1, -0.05) is 35.0 Å². The van der Waals surface area contributed by atoms with Gasteiger partial charge in [-0.3, -0.25) is 14.4 Å². The number of halogens is 2. The molecule has 1 aromatic rings. The van der Waals surface area contributed by atoms with Crippen molar-refractivity contribution in [3.63, 3.8) is 0 Å². The molecule has 11 heteroatoms. The van der Waals surface area contributed by atoms with Crippen molar-refractivity contribution in [3.8, 4) is 11.8 Å². The van der Waals surface area contributed by atoms with Crippen LogP contribution >= 0.6 is 35.0 Å². The summed E-state index contributed by atoms with van der Waals surface area (Å²) in [5.41, 5.74) is 0.511. The largest absolute Gasteiger partial charge is 0.491 e. The molecular weight excluding hydrogens is 525 g/mol. The third-order valence-corrected chi connectivity index (χ3v) is 8.04. The van der Waals surface area contributed by atoms with Crippen LogP contribution in [0.3, 0.4) is 0 Å². The predicted octanol–water partition coefficient (Wildman–Crippen LogP) is 4.65. The molecule has 2 amide bonds. The molecule has 0 radical (unpaired) electrons. The molecule has 2 aliphatic rings. The molecule has 0 bridgehead atoms. The van der Waals surface area contributed by atoms with E-state index < -0.39 is 23.7 Å². The van der Waals surface area contributed by atoms with Gasteiger partial charge in [0.2, 0.25) is 11.8 Å². The number of amides is 2. The summed E-state index contributed by atoms with van der Waals surface area (Å²) < 4.78 is 10.4. The Bertz CT molecular complexity index is 1090. The van der Waals surface area contributed by atoms with Crippen LogP contribution in [-0.2, 0) is 19.1 Å². The van der Waals surface area contributed by atoms with Crippen LogP contribution in [0.5, 0.6) is 5.75 Å². The Morgan fingerprint density at radius 3 is 2.36 bits per heavy atom. The number of allylic oxidation sites excluding steroid dienone is 1. The summed E-state index contributed by atoms with van der Waals surface area (Å²) in [4.78, 5) is 40.7. The first-order chi connectivity index (χ1) is 17.1. The van der Waals surface area contributed by atoms with Crippen LogP contribution in [-0.4, -0.2) is 54.2 Å². The number of hydrogen-bond acceptors (Lipinski definition) is 7. The molecule has 0 saturated carbocycles. The lowest BCUT2D eigenvalue weighted by Gasteiger charge is -2.39. The van der Waals surface area contributed by atoms with Crippen LogP contribution in [0.15, 0.2) is 22.7 Å². The molecule has 1 aromatic carbocycles. The third kappa shape index (κ3) is 5.77. The molecule has 194 valence electrons. The molecule has 0 aliphatic carbocycles. The minimum Gasteiger partial charge on any atom is -0.491 e. The standard InChI is InChI=1S/C25H29Cl2N3O5S/c1-5-35-22-17(26)9-15(10-18(22)27)20-16(11-28)24(29-23(32)21(20)25(33)34-4)36-12-19(31)30-13(2)7-6-8-14(30)3/h9-10,13-14,20-21H,5-8,12H2,1-4H3,(H,29,32)/t13-,14-,20-,21+/m1/s1. The highest BCUT2D eigenvalue weighted by atomic mass is 35.5. The number of nitriles is 1. The minimum atomic E-state index is -1.34. The van der Waals surface area contributed by atoms with Crippen LogP contribution in [0.2, 0.25) is 10.0 Å². The van der Waals surface area contributed by atoms with E-state index in [1.165, 1.54) is 19.2 Å². The van der Waals surface area contributed by atoms with Crippen molar-refractivity contribution in [1.82, 2.24) is 10.2 Å². The second-order valence-corrected chi connectivity index (χ2v) is 10.6. The number of likely N-dealkylation sites (tertiary alicyclic amines) is 1. The molecule has 2 aliphatic heterocycles. The fourth-order valence-electron chi connectivity index (χ4n) is 4.84. The van der Waals surface area contributed by atoms with E-state index in [2.05, 4.69) is 11.4 Å². The summed E-state index contributed by atoms with van der Waals surface area (Å²) >= 11 is 13.9. The Labute approximate surface area is 225 Å². The van der Waals surface area contributed by atoms with Crippen molar-refractivity contribution in [1.29, 1.82) is 5.26 Å². The zero-order valence-electron chi connectivity index (χ0n) is 20.6. The van der Waals surface area contributed by atoms with Gasteiger partial charge in [0.05, 0.1) is 46.2 Å². The molecule has 2 heterocycles. The Balaban J connectivity index is 2.00. The number of thioether (sulfide) groups is 1. The van der Waals surface area contributed by atoms with Crippen molar-refractivity contribution in [2.75, 3.05) is 19.5 Å². The van der Waals surface area contributed by atoms with E-state index >= 15 is 0 Å². The maximum absolute atomic E-state index is 13.1. The molecule has 0 unspecified atom stereocenters. The van der Waals surface area contributed by atoms with Crippen molar-refractivity contribution >= 4 is 52.7 Å². The van der Waals surface area contributed by atoms with E-state index in [1.54, 1.807) is 6.92 Å². The van der Waals surface area contributed by atoms with E-state index in [9.17, 15) is 19.6 Å². The number of rotatable bonds is 7. The Morgan fingerprint density at radius 1 is 1.22 bits per heavy atom. The number of methoxy groups -OCH3 is 1. The first kappa shape index (κ1) is 28.2. The summed E-state index contributed by atoms with van der Waals surface area (Å²) in [5, 5.41) is 13.3. The Morgan fingerprint density at radius 2 is 1.83 bits per heavy atom. The zero-order valence-corrected chi connectivity index (χ0v) is 22.9. The molecule has 4 atom stereocenters. The van der Waals surface area contributed by atoms with Crippen LogP contribution in [0.4, 0.5) is 0 Å². The molecular formula is C25H29Cl2N3O5S. The van der Waals surface area contributed by atoms with E-state index in [4.69, 9.17) is 32.7 Å². The normalized spacial score (nSPS) is 24.1. The summed E-state index contributed by atoms with van der Waals surface area (Å²) in [6.45, 7) is 6.17. The number of carbonyl (C=O) groups is 3. The summed E-state index contributed by atoms with van der Waals surface area (Å²) in [7, 11) is 1.17. The number of piperidine rings is 1. The lowest BCUT2D eigenvalue weighted by molar-refractivity contribution is -0.150. The van der Waals surface area contributed by atoms with Crippen molar-refractivity contribution < 1.29 is 23.9 Å². The van der Waals surface area contributed by atoms with E-state index in [0.717, 1.165) is 31.0 Å². The van der Waals surface area contributed by atoms with Gasteiger partial charge in [-0.15, -0.1) is 0 Å². The number of nitrogens with zero attached hydrogens (tertiary/aromatic N) is 2. The molecule has 1 saturated heterocycles. The first-order valence-corrected chi connectivity index (χ1v) is 13.5. The van der Waals surface area contributed by atoms with Crippen LogP contribution in [0.25, 0.3) is 0 Å². The van der Waals surface area contributed by atoms with Crippen molar-refractivity contribution in [3.05, 3.63) is 38.3 Å². The average molecular weight is 554 g/mol. The maximum Gasteiger partial charge on any atom is 0.319 e. The lowest BCUT2D eigenvalue weighted by atomic mass is 9.78. The van der Waals surface area contributed by atoms with Gasteiger partial charge in [0.25, 0.3) is 0 Å². The summed E-state index contributed by atoms with van der Waals surface area (Å²) in [5.74, 6) is -3.55. The average Bonchev–Trinajstić information content (AvgIpc) is 2.83. The monoisotopic (exact) mass is 553 g/mol. The van der Waals surface area contributed by atoms with Gasteiger partial charge in [-0.2, -0.15) is 5.26 Å². The van der Waals surface area contributed by atoms with Crippen LogP contribution in [0, 0.1) is 17.2 Å². The van der Waals surface area contributed by atoms with Gasteiger partial charge in [0, 0.05) is 18.0 Å². The Kier molecular flexibility index (Phi) is 9.56. The predicted molar refractivity (Wildman–Crippen MR) is 139 cm³/mol. The third-order valence-electron chi connectivity index (χ3n) is 6.47. The van der Waals surface area contributed by atoms with E-state index in [0.29, 0.717) is 12.2 Å². The van der Waals surface area contributed by atoms with Crippen molar-refractivity contribution in [2.45, 2.75) is 58.0 Å². The fourth-order valence-corrected chi connectivity index (χ4v) is 6.37. The molecule has 0 aromatic heterocycles. The summed E-state index contributed by atoms with van der Waals surface area (Å²) in [6.07, 6.45) is 2.94. The number of benzene rings is 1. The minimum absolute atomic E-state index is 0.0376. The fraction of sp³-hybridized carbons (Fsp3) is 0.520. The van der Waals surface area contributed by atoms with Crippen molar-refractivity contribution in [2.24, 2.45) is 5.92 Å². The SMILES string of the molecule is CCOc1c(Cl)cc([C@@H]2C(C#N)=C(SCC(=O)N3[C@H](C)CCC[C@H]3C)NC(=O)[C@H]2C(=O)OC)cc1Cl. The Hall–Kier alpha value is -2.41. The number of nitrogens with one attached hydrogen (secondary N) is 1. The molecule has 1 fully saturated rings. The van der Waals surface area contributed by atoms with Gasteiger partial charge in [-0.05, 0) is 57.7 Å². The van der Waals surface area contributed by atoms with Gasteiger partial charge in [0.1, 0.15) is 5.92 Å². The quantitative estimate of drug-likeness (QED) is 0.386. The first-order valence-electron chi connectivity index (χ1n) is 11.7. The molecule has 36 heavy (non-hydrogen) atoms. The van der Waals surface area contributed by atoms with Gasteiger partial charge in [-0.25, -0.2) is 0 Å². The molecule has 3 rings (SSSR count). The molecule has 0 spiro atoms. The smallest absolute Gasteiger partial charge is 0.319 e. The highest BCUT2D eigenvalue weighted by Crippen LogP contribution is 2.44. The van der Waals surface area contributed by atoms with Gasteiger partial charge < -0.3 is 19.7 Å². The number of hydrogen-bond donors (Lipinski definition) is 1. The van der Waals surface area contributed by atoms with Gasteiger partial charge in [0.15, 0.2) is 5.75 Å². The van der Waals surface area contributed by atoms with E-state index in [1.807, 2.05) is 18.7 Å². The number of esters is 1. The number of carbonyl (C=O) groups excluding carboxylic acids is 3. The second kappa shape index (κ2) is 12.2. The zero-order chi connectivity index (χ0) is 26.6. The molecule has 8 nitrogen and oxygen atoms in total. The second-order valence-electron chi connectivity index (χ2n) is 8.79. The number of ether oxygens (including phenoxy) is 2. The highest BCUT2D eigenvalue weighted by molar-refractivity contribution is 8.03. The summed E-state index contributed by atoms with van der Waals surface area (Å²) in [6, 6.07) is 5.42. The maximum atomic E-state index is 13.1. The topological polar surface area (TPSA) is 109 Å². The van der Waals surface area contributed by atoms with Gasteiger partial charge >= 0.3 is 5.97 Å².